The first-order valence-corrected chi connectivity index (χ1v) is 7.89. The number of aliphatic imine (C=N–C) groups is 1. The van der Waals surface area contributed by atoms with Crippen molar-refractivity contribution in [2.75, 3.05) is 40.0 Å². The van der Waals surface area contributed by atoms with Crippen LogP contribution in [0.1, 0.15) is 19.4 Å². The minimum atomic E-state index is 0. The van der Waals surface area contributed by atoms with E-state index < -0.39 is 0 Å². The largest absolute Gasteiger partial charge is 0.383 e. The third kappa shape index (κ3) is 11.3. The van der Waals surface area contributed by atoms with E-state index in [2.05, 4.69) is 41.6 Å². The summed E-state index contributed by atoms with van der Waals surface area (Å²) in [5.74, 6) is 1.20. The van der Waals surface area contributed by atoms with Crippen molar-refractivity contribution in [2.24, 2.45) is 10.9 Å². The highest BCUT2D eigenvalue weighted by molar-refractivity contribution is 14.0. The van der Waals surface area contributed by atoms with E-state index in [0.29, 0.717) is 25.7 Å². The van der Waals surface area contributed by atoms with Gasteiger partial charge in [0, 0.05) is 26.7 Å². The molecule has 132 valence electrons. The van der Waals surface area contributed by atoms with Gasteiger partial charge >= 0.3 is 0 Å². The van der Waals surface area contributed by atoms with E-state index in [1.165, 1.54) is 5.56 Å². The summed E-state index contributed by atoms with van der Waals surface area (Å²) in [5.41, 5.74) is 1.20. The molecule has 0 aliphatic heterocycles. The molecule has 0 radical (unpaired) electrons. The van der Waals surface area contributed by atoms with Crippen molar-refractivity contribution in [2.45, 2.75) is 20.5 Å². The molecule has 0 bridgehead atoms. The normalized spacial score (nSPS) is 12.4. The second-order valence-corrected chi connectivity index (χ2v) is 5.25. The second kappa shape index (κ2) is 14.7. The topological polar surface area (TPSA) is 54.9 Å². The zero-order valence-corrected chi connectivity index (χ0v) is 16.7. The third-order valence-electron chi connectivity index (χ3n) is 3.02. The van der Waals surface area contributed by atoms with Crippen molar-refractivity contribution in [1.29, 1.82) is 0 Å². The van der Waals surface area contributed by atoms with Crippen molar-refractivity contribution < 1.29 is 9.47 Å². The molecule has 1 unspecified atom stereocenters. The van der Waals surface area contributed by atoms with Gasteiger partial charge in [-0.3, -0.25) is 4.99 Å². The van der Waals surface area contributed by atoms with E-state index in [4.69, 9.17) is 9.47 Å². The van der Waals surface area contributed by atoms with Gasteiger partial charge in [-0.2, -0.15) is 0 Å². The number of hydrogen-bond donors (Lipinski definition) is 2. The average Bonchev–Trinajstić information content (AvgIpc) is 2.54. The molecule has 23 heavy (non-hydrogen) atoms. The Bertz CT molecular complexity index is 416. The van der Waals surface area contributed by atoms with E-state index in [9.17, 15) is 0 Å². The molecular formula is C17H30IN3O2. The SMILES string of the molecule is CCNC(=NCC(C)COCc1ccccc1)NCCOC.I. The highest BCUT2D eigenvalue weighted by atomic mass is 127. The number of rotatable bonds is 10. The lowest BCUT2D eigenvalue weighted by Gasteiger charge is -2.13. The van der Waals surface area contributed by atoms with Crippen LogP contribution < -0.4 is 10.6 Å². The third-order valence-corrected chi connectivity index (χ3v) is 3.02. The Kier molecular flexibility index (Phi) is 14.2. The van der Waals surface area contributed by atoms with Crippen LogP contribution in [-0.4, -0.2) is 45.9 Å². The quantitative estimate of drug-likeness (QED) is 0.257. The molecule has 0 aliphatic carbocycles. The van der Waals surface area contributed by atoms with E-state index in [1.807, 2.05) is 18.2 Å². The Labute approximate surface area is 157 Å². The zero-order valence-electron chi connectivity index (χ0n) is 14.4. The van der Waals surface area contributed by atoms with Crippen LogP contribution in [0.15, 0.2) is 35.3 Å². The number of methoxy groups -OCH3 is 1. The lowest BCUT2D eigenvalue weighted by molar-refractivity contribution is 0.0945. The number of hydrogen-bond acceptors (Lipinski definition) is 3. The molecule has 1 atom stereocenters. The summed E-state index contributed by atoms with van der Waals surface area (Å²) in [6, 6.07) is 10.2. The summed E-state index contributed by atoms with van der Waals surface area (Å²) < 4.78 is 10.8. The van der Waals surface area contributed by atoms with Crippen molar-refractivity contribution >= 4 is 29.9 Å². The molecule has 2 N–H and O–H groups in total. The molecular weight excluding hydrogens is 405 g/mol. The minimum absolute atomic E-state index is 0. The summed E-state index contributed by atoms with van der Waals surface area (Å²) in [6.45, 7) is 8.56. The second-order valence-electron chi connectivity index (χ2n) is 5.25. The number of nitrogens with zero attached hydrogens (tertiary/aromatic N) is 1. The van der Waals surface area contributed by atoms with Gasteiger partial charge < -0.3 is 20.1 Å². The molecule has 0 fully saturated rings. The Morgan fingerprint density at radius 2 is 1.96 bits per heavy atom. The van der Waals surface area contributed by atoms with Crippen LogP contribution in [0.2, 0.25) is 0 Å². The van der Waals surface area contributed by atoms with Gasteiger partial charge in [-0.15, -0.1) is 24.0 Å². The Morgan fingerprint density at radius 1 is 1.22 bits per heavy atom. The number of halogens is 1. The molecule has 0 saturated carbocycles. The highest BCUT2D eigenvalue weighted by Crippen LogP contribution is 2.03. The van der Waals surface area contributed by atoms with Gasteiger partial charge in [0.2, 0.25) is 0 Å². The van der Waals surface area contributed by atoms with E-state index >= 15 is 0 Å². The maximum atomic E-state index is 5.74. The van der Waals surface area contributed by atoms with E-state index in [1.54, 1.807) is 7.11 Å². The first-order chi connectivity index (χ1) is 10.8. The van der Waals surface area contributed by atoms with Crippen molar-refractivity contribution in [1.82, 2.24) is 10.6 Å². The van der Waals surface area contributed by atoms with E-state index in [0.717, 1.165) is 25.6 Å². The maximum Gasteiger partial charge on any atom is 0.191 e. The molecule has 1 rings (SSSR count). The molecule has 1 aromatic rings. The molecule has 0 aromatic heterocycles. The van der Waals surface area contributed by atoms with Gasteiger partial charge in [0.05, 0.1) is 19.8 Å². The van der Waals surface area contributed by atoms with Crippen LogP contribution in [0.25, 0.3) is 0 Å². The van der Waals surface area contributed by atoms with Gasteiger partial charge in [0.25, 0.3) is 0 Å². The fourth-order valence-electron chi connectivity index (χ4n) is 1.87. The monoisotopic (exact) mass is 435 g/mol. The van der Waals surface area contributed by atoms with Gasteiger partial charge in [-0.05, 0) is 18.4 Å². The predicted octanol–water partition coefficient (Wildman–Crippen LogP) is 2.66. The van der Waals surface area contributed by atoms with Crippen LogP contribution in [0, 0.1) is 5.92 Å². The zero-order chi connectivity index (χ0) is 16.0. The first kappa shape index (κ1) is 22.1. The Balaban J connectivity index is 0.00000484. The number of ether oxygens (including phenoxy) is 2. The van der Waals surface area contributed by atoms with Gasteiger partial charge in [0.1, 0.15) is 0 Å². The summed E-state index contributed by atoms with van der Waals surface area (Å²) in [4.78, 5) is 4.57. The Morgan fingerprint density at radius 3 is 2.61 bits per heavy atom. The van der Waals surface area contributed by atoms with Crippen LogP contribution >= 0.6 is 24.0 Å². The molecule has 0 saturated heterocycles. The van der Waals surface area contributed by atoms with Crippen LogP contribution in [0.3, 0.4) is 0 Å². The van der Waals surface area contributed by atoms with Crippen LogP contribution in [0.4, 0.5) is 0 Å². The summed E-state index contributed by atoms with van der Waals surface area (Å²) in [5, 5.41) is 6.45. The number of benzene rings is 1. The maximum absolute atomic E-state index is 5.74. The molecule has 0 heterocycles. The van der Waals surface area contributed by atoms with Crippen LogP contribution in [-0.2, 0) is 16.1 Å². The summed E-state index contributed by atoms with van der Waals surface area (Å²) in [7, 11) is 1.69. The molecule has 1 aromatic carbocycles. The van der Waals surface area contributed by atoms with Crippen LogP contribution in [0.5, 0.6) is 0 Å². The van der Waals surface area contributed by atoms with E-state index in [-0.39, 0.29) is 24.0 Å². The van der Waals surface area contributed by atoms with Crippen molar-refractivity contribution in [3.63, 3.8) is 0 Å². The van der Waals surface area contributed by atoms with Crippen molar-refractivity contribution in [3.05, 3.63) is 35.9 Å². The first-order valence-electron chi connectivity index (χ1n) is 7.89. The van der Waals surface area contributed by atoms with Gasteiger partial charge in [0.15, 0.2) is 5.96 Å². The van der Waals surface area contributed by atoms with Crippen molar-refractivity contribution in [3.8, 4) is 0 Å². The lowest BCUT2D eigenvalue weighted by atomic mass is 10.2. The standard InChI is InChI=1S/C17H29N3O2.HI/c1-4-18-17(19-10-11-21-3)20-12-15(2)13-22-14-16-8-6-5-7-9-16;/h5-9,15H,4,10-14H2,1-3H3,(H2,18,19,20);1H. The summed E-state index contributed by atoms with van der Waals surface area (Å²) in [6.07, 6.45) is 0. The summed E-state index contributed by atoms with van der Waals surface area (Å²) >= 11 is 0. The number of guanidine groups is 1. The Hall–Kier alpha value is -0.860. The van der Waals surface area contributed by atoms with Gasteiger partial charge in [-0.25, -0.2) is 0 Å². The molecule has 6 heteroatoms. The van der Waals surface area contributed by atoms with Gasteiger partial charge in [-0.1, -0.05) is 37.3 Å². The lowest BCUT2D eigenvalue weighted by Crippen LogP contribution is -2.39. The molecule has 0 amide bonds. The number of nitrogens with one attached hydrogen (secondary N) is 2. The minimum Gasteiger partial charge on any atom is -0.383 e. The average molecular weight is 435 g/mol. The fourth-order valence-corrected chi connectivity index (χ4v) is 1.87. The molecule has 5 nitrogen and oxygen atoms in total. The fraction of sp³-hybridized carbons (Fsp3) is 0.588. The highest BCUT2D eigenvalue weighted by Gasteiger charge is 2.03. The smallest absolute Gasteiger partial charge is 0.191 e. The molecule has 0 aliphatic rings. The predicted molar refractivity (Wildman–Crippen MR) is 107 cm³/mol. The molecule has 0 spiro atoms.